The Morgan fingerprint density at radius 1 is 0.327 bits per heavy atom. The highest BCUT2D eigenvalue weighted by Gasteiger charge is 2.38. The fourth-order valence-corrected chi connectivity index (χ4v) is 8.85. The number of fused-ring (bicyclic) bond motifs is 11. The second-order valence-corrected chi connectivity index (χ2v) is 14.5. The van der Waals surface area contributed by atoms with Crippen molar-refractivity contribution in [2.75, 3.05) is 4.90 Å². The lowest BCUT2D eigenvalue weighted by atomic mass is 9.80. The molecule has 52 heavy (non-hydrogen) atoms. The molecule has 1 heteroatoms. The van der Waals surface area contributed by atoms with Gasteiger partial charge in [-0.15, -0.1) is 0 Å². The number of hydrogen-bond acceptors (Lipinski definition) is 1. The zero-order valence-electron chi connectivity index (χ0n) is 29.3. The summed E-state index contributed by atoms with van der Waals surface area (Å²) in [5.41, 5.74) is 21.0. The van der Waals surface area contributed by atoms with Crippen LogP contribution in [0, 0.1) is 0 Å². The lowest BCUT2D eigenvalue weighted by Crippen LogP contribution is -2.16. The molecule has 0 aromatic heterocycles. The van der Waals surface area contributed by atoms with Crippen LogP contribution in [0.15, 0.2) is 188 Å². The van der Waals surface area contributed by atoms with Crippen molar-refractivity contribution in [3.63, 3.8) is 0 Å². The molecule has 10 rings (SSSR count). The molecule has 0 saturated heterocycles. The average molecular weight is 664 g/mol. The predicted octanol–water partition coefficient (Wildman–Crippen LogP) is 14.1. The molecular weight excluding hydrogens is 627 g/mol. The fraction of sp³-hybridized carbons (Fsp3) is 0.0588. The second-order valence-electron chi connectivity index (χ2n) is 14.5. The van der Waals surface area contributed by atoms with E-state index in [4.69, 9.17) is 0 Å². The van der Waals surface area contributed by atoms with Crippen LogP contribution in [-0.2, 0) is 5.41 Å². The first-order chi connectivity index (χ1) is 25.6. The molecule has 0 atom stereocenters. The smallest absolute Gasteiger partial charge is 0.0543 e. The van der Waals surface area contributed by atoms with Gasteiger partial charge in [0.25, 0.3) is 0 Å². The molecule has 8 aromatic carbocycles. The van der Waals surface area contributed by atoms with E-state index in [2.05, 4.69) is 207 Å². The maximum Gasteiger partial charge on any atom is 0.0543 e. The third-order valence-corrected chi connectivity index (χ3v) is 11.3. The van der Waals surface area contributed by atoms with Crippen molar-refractivity contribution in [1.82, 2.24) is 0 Å². The van der Waals surface area contributed by atoms with E-state index < -0.39 is 0 Å². The van der Waals surface area contributed by atoms with Crippen molar-refractivity contribution in [2.24, 2.45) is 0 Å². The molecule has 0 radical (unpaired) electrons. The van der Waals surface area contributed by atoms with Gasteiger partial charge in [-0.25, -0.2) is 0 Å². The molecule has 2 aliphatic rings. The minimum Gasteiger partial charge on any atom is -0.309 e. The summed E-state index contributed by atoms with van der Waals surface area (Å²) in [4.78, 5) is 2.51. The van der Waals surface area contributed by atoms with Crippen molar-refractivity contribution in [2.45, 2.75) is 19.3 Å². The molecule has 2 aliphatic carbocycles. The molecule has 8 aromatic rings. The van der Waals surface area contributed by atoms with Crippen LogP contribution in [0.3, 0.4) is 0 Å². The first kappa shape index (κ1) is 30.4. The Kier molecular flexibility index (Phi) is 6.91. The van der Waals surface area contributed by atoms with Crippen LogP contribution < -0.4 is 4.90 Å². The Labute approximate surface area is 306 Å². The monoisotopic (exact) mass is 663 g/mol. The fourth-order valence-electron chi connectivity index (χ4n) is 8.85. The largest absolute Gasteiger partial charge is 0.309 e. The minimum absolute atomic E-state index is 0.116. The summed E-state index contributed by atoms with van der Waals surface area (Å²) in [7, 11) is 0. The zero-order chi connectivity index (χ0) is 34.8. The summed E-state index contributed by atoms with van der Waals surface area (Å²) in [5.74, 6) is 0. The summed E-state index contributed by atoms with van der Waals surface area (Å²) >= 11 is 0. The van der Waals surface area contributed by atoms with E-state index in [9.17, 15) is 0 Å². The van der Waals surface area contributed by atoms with Crippen LogP contribution in [-0.4, -0.2) is 0 Å². The summed E-state index contributed by atoms with van der Waals surface area (Å²) in [6.07, 6.45) is 0. The number of nitrogens with zero attached hydrogens (tertiary/aromatic N) is 1. The quantitative estimate of drug-likeness (QED) is 0.181. The Hall–Kier alpha value is -6.44. The van der Waals surface area contributed by atoms with Crippen molar-refractivity contribution >= 4 is 17.1 Å². The Balaban J connectivity index is 1.29. The van der Waals surface area contributed by atoms with Crippen LogP contribution in [0.2, 0.25) is 0 Å². The first-order valence-corrected chi connectivity index (χ1v) is 18.2. The van der Waals surface area contributed by atoms with E-state index in [0.717, 1.165) is 11.4 Å². The highest BCUT2D eigenvalue weighted by molar-refractivity contribution is 6.05. The van der Waals surface area contributed by atoms with Crippen LogP contribution in [0.5, 0.6) is 0 Å². The molecular formula is C51H37N. The third kappa shape index (κ3) is 4.56. The van der Waals surface area contributed by atoms with E-state index >= 15 is 0 Å². The maximum atomic E-state index is 2.51. The zero-order valence-corrected chi connectivity index (χ0v) is 29.3. The lowest BCUT2D eigenvalue weighted by molar-refractivity contribution is 0.660. The Bertz CT molecular complexity index is 2660. The van der Waals surface area contributed by atoms with Gasteiger partial charge in [0.05, 0.1) is 11.4 Å². The summed E-state index contributed by atoms with van der Waals surface area (Å²) in [5, 5.41) is 0. The van der Waals surface area contributed by atoms with Crippen molar-refractivity contribution in [3.05, 3.63) is 199 Å². The Morgan fingerprint density at radius 3 is 1.38 bits per heavy atom. The van der Waals surface area contributed by atoms with Crippen LogP contribution in [0.1, 0.15) is 25.0 Å². The summed E-state index contributed by atoms with van der Waals surface area (Å²) in [6, 6.07) is 69.3. The number of para-hydroxylation sites is 1. The molecule has 0 spiro atoms. The van der Waals surface area contributed by atoms with Gasteiger partial charge in [0.1, 0.15) is 0 Å². The van der Waals surface area contributed by atoms with Gasteiger partial charge in [-0.3, -0.25) is 0 Å². The number of rotatable bonds is 4. The van der Waals surface area contributed by atoms with Gasteiger partial charge in [-0.05, 0) is 91.0 Å². The summed E-state index contributed by atoms with van der Waals surface area (Å²) in [6.45, 7) is 4.72. The number of anilines is 3. The van der Waals surface area contributed by atoms with E-state index in [-0.39, 0.29) is 5.41 Å². The van der Waals surface area contributed by atoms with Crippen LogP contribution in [0.25, 0.3) is 66.8 Å². The van der Waals surface area contributed by atoms with E-state index in [1.54, 1.807) is 0 Å². The summed E-state index contributed by atoms with van der Waals surface area (Å²) < 4.78 is 0. The van der Waals surface area contributed by atoms with Crippen LogP contribution in [0.4, 0.5) is 17.1 Å². The molecule has 1 nitrogen and oxygen atoms in total. The highest BCUT2D eigenvalue weighted by Crippen LogP contribution is 2.56. The molecule has 0 bridgehead atoms. The Morgan fingerprint density at radius 2 is 0.769 bits per heavy atom. The number of benzene rings is 8. The molecule has 0 aliphatic heterocycles. The number of hydrogen-bond donors (Lipinski definition) is 0. The molecule has 0 amide bonds. The van der Waals surface area contributed by atoms with Gasteiger partial charge < -0.3 is 4.90 Å². The lowest BCUT2D eigenvalue weighted by Gasteiger charge is -2.32. The molecule has 0 heterocycles. The molecule has 0 unspecified atom stereocenters. The highest BCUT2D eigenvalue weighted by atomic mass is 15.1. The van der Waals surface area contributed by atoms with E-state index in [0.29, 0.717) is 0 Å². The second kappa shape index (κ2) is 11.8. The van der Waals surface area contributed by atoms with Gasteiger partial charge in [0.2, 0.25) is 0 Å². The molecule has 246 valence electrons. The van der Waals surface area contributed by atoms with Crippen molar-refractivity contribution in [3.8, 4) is 66.8 Å². The molecule has 0 saturated carbocycles. The molecule has 0 N–H and O–H groups in total. The SMILES string of the molecule is CC1(C)c2ccccc2-c2c(N(c3ccc4c(c3)-c3ccccc3-c3ccccc3-c3ccccc3-4)c3ccccc3-c3ccccc3)cccc21. The van der Waals surface area contributed by atoms with Gasteiger partial charge >= 0.3 is 0 Å². The van der Waals surface area contributed by atoms with Gasteiger partial charge in [0, 0.05) is 22.2 Å². The van der Waals surface area contributed by atoms with Gasteiger partial charge in [-0.2, -0.15) is 0 Å². The van der Waals surface area contributed by atoms with Crippen molar-refractivity contribution < 1.29 is 0 Å². The maximum absolute atomic E-state index is 2.51. The third-order valence-electron chi connectivity index (χ3n) is 11.3. The minimum atomic E-state index is -0.116. The molecule has 0 fully saturated rings. The van der Waals surface area contributed by atoms with E-state index in [1.165, 1.54) is 83.6 Å². The van der Waals surface area contributed by atoms with Crippen molar-refractivity contribution in [1.29, 1.82) is 0 Å². The van der Waals surface area contributed by atoms with E-state index in [1.807, 2.05) is 0 Å². The normalized spacial score (nSPS) is 13.0. The first-order valence-electron chi connectivity index (χ1n) is 18.2. The van der Waals surface area contributed by atoms with Crippen LogP contribution >= 0.6 is 0 Å². The van der Waals surface area contributed by atoms with Gasteiger partial charge in [-0.1, -0.05) is 178 Å². The van der Waals surface area contributed by atoms with Gasteiger partial charge in [0.15, 0.2) is 0 Å². The topological polar surface area (TPSA) is 3.24 Å². The predicted molar refractivity (Wildman–Crippen MR) is 219 cm³/mol. The average Bonchev–Trinajstić information content (AvgIpc) is 3.44. The standard InChI is InChI=1S/C51H37N/c1-51(2)46-27-14-12-26-44(46)50-47(51)28-16-30-49(50)52(48-29-15-13-19-36(48)34-17-4-3-5-18-34)35-31-32-43-41-24-9-8-22-39(41)37-20-6-7-21-38(37)40-23-10-11-25-42(40)45(43)33-35/h3-33H,1-2H3.